The fraction of sp³-hybridized carbons (Fsp3) is 0.907. The van der Waals surface area contributed by atoms with Crippen LogP contribution in [0.4, 0.5) is 0 Å². The Hall–Kier alpha value is -4.11. The number of unbranched alkanes of at least 4 members (excludes halogenated alkanes) is 7. The van der Waals surface area contributed by atoms with E-state index < -0.39 is 47.9 Å². The number of methoxy groups -OCH3 is 1. The van der Waals surface area contributed by atoms with Crippen LogP contribution in [0.25, 0.3) is 0 Å². The van der Waals surface area contributed by atoms with Gasteiger partial charge in [0.05, 0.1) is 44.0 Å². The quantitative estimate of drug-likeness (QED) is 0.0275. The molecular formula is C75H153N15O9. The van der Waals surface area contributed by atoms with Crippen LogP contribution in [0.15, 0.2) is 0 Å². The van der Waals surface area contributed by atoms with Gasteiger partial charge in [-0.1, -0.05) is 25.7 Å². The maximum absolute atomic E-state index is 14.6. The van der Waals surface area contributed by atoms with Gasteiger partial charge in [-0.15, -0.1) is 0 Å². The van der Waals surface area contributed by atoms with E-state index in [0.717, 1.165) is 71.1 Å². The van der Waals surface area contributed by atoms with E-state index in [2.05, 4.69) is 178 Å². The van der Waals surface area contributed by atoms with Crippen molar-refractivity contribution in [2.45, 2.75) is 361 Å². The van der Waals surface area contributed by atoms with Gasteiger partial charge >= 0.3 is 0 Å². The van der Waals surface area contributed by atoms with Gasteiger partial charge in [-0.3, -0.25) is 33.6 Å². The summed E-state index contributed by atoms with van der Waals surface area (Å²) in [6.45, 7) is 49.2. The summed E-state index contributed by atoms with van der Waals surface area (Å²) in [6.07, 6.45) is 12.8. The number of nitrogens with one attached hydrogen (secondary N) is 14. The van der Waals surface area contributed by atoms with E-state index in [1.807, 2.05) is 41.5 Å². The molecule has 0 aliphatic heterocycles. The number of rotatable bonds is 54. The molecule has 16 N–H and O–H groups in total. The zero-order valence-electron chi connectivity index (χ0n) is 66.9. The van der Waals surface area contributed by atoms with Gasteiger partial charge in [0.2, 0.25) is 41.4 Å². The van der Waals surface area contributed by atoms with Crippen molar-refractivity contribution >= 4 is 41.4 Å². The van der Waals surface area contributed by atoms with Gasteiger partial charge in [0.1, 0.15) is 18.1 Å². The van der Waals surface area contributed by atoms with Crippen molar-refractivity contribution in [2.75, 3.05) is 79.3 Å². The predicted octanol–water partition coefficient (Wildman–Crippen LogP) is 6.91. The van der Waals surface area contributed by atoms with E-state index in [9.17, 15) is 33.6 Å². The molecule has 0 aromatic rings. The molecule has 0 saturated carbocycles. The van der Waals surface area contributed by atoms with Gasteiger partial charge in [-0.25, -0.2) is 0 Å². The van der Waals surface area contributed by atoms with Crippen LogP contribution in [-0.2, 0) is 43.0 Å². The zero-order valence-corrected chi connectivity index (χ0v) is 66.9. The highest BCUT2D eigenvalue weighted by Gasteiger charge is 2.32. The molecule has 0 saturated heterocycles. The molecule has 0 bridgehead atoms. The van der Waals surface area contributed by atoms with Crippen LogP contribution in [0.2, 0.25) is 0 Å². The van der Waals surface area contributed by atoms with Gasteiger partial charge in [-0.2, -0.15) is 0 Å². The fourth-order valence-electron chi connectivity index (χ4n) is 10.9. The number of nitrogens with two attached hydrogens (primary N) is 1. The van der Waals surface area contributed by atoms with Gasteiger partial charge < -0.3 is 89.6 Å². The third kappa shape index (κ3) is 56.1. The normalized spacial score (nSPS) is 14.9. The summed E-state index contributed by atoms with van der Waals surface area (Å²) in [5.41, 5.74) is 5.49. The van der Waals surface area contributed by atoms with E-state index in [1.54, 1.807) is 7.11 Å². The van der Waals surface area contributed by atoms with Crippen molar-refractivity contribution in [1.82, 2.24) is 74.4 Å². The van der Waals surface area contributed by atoms with E-state index in [0.29, 0.717) is 103 Å². The molecule has 99 heavy (non-hydrogen) atoms. The molecule has 7 atom stereocenters. The summed E-state index contributed by atoms with van der Waals surface area (Å²) >= 11 is 0. The zero-order chi connectivity index (χ0) is 75.5. The van der Waals surface area contributed by atoms with E-state index in [4.69, 9.17) is 15.2 Å². The maximum Gasteiger partial charge on any atom is 0.243 e. The molecule has 0 heterocycles. The van der Waals surface area contributed by atoms with Crippen LogP contribution < -0.4 is 80.2 Å². The molecule has 24 nitrogen and oxygen atoms in total. The molecule has 0 rings (SSSR count). The first-order valence-corrected chi connectivity index (χ1v) is 38.0. The van der Waals surface area contributed by atoms with Crippen molar-refractivity contribution < 1.29 is 43.0 Å². The molecule has 7 unspecified atom stereocenters. The molecule has 0 fully saturated rings. The first kappa shape index (κ1) is 94.9. The first-order chi connectivity index (χ1) is 45.8. The molecule has 582 valence electrons. The Morgan fingerprint density at radius 3 is 0.818 bits per heavy atom. The van der Waals surface area contributed by atoms with Crippen LogP contribution in [-0.4, -0.2) is 202 Å². The molecule has 0 spiro atoms. The van der Waals surface area contributed by atoms with Crippen molar-refractivity contribution in [2.24, 2.45) is 5.73 Å². The van der Waals surface area contributed by atoms with Crippen LogP contribution in [0, 0.1) is 0 Å². The Bertz CT molecular complexity index is 2230. The lowest BCUT2D eigenvalue weighted by Gasteiger charge is -2.30. The lowest BCUT2D eigenvalue weighted by molar-refractivity contribution is -0.132. The molecule has 0 aromatic heterocycles. The number of carbonyl (C=O) groups is 7. The van der Waals surface area contributed by atoms with Crippen LogP contribution in [0.5, 0.6) is 0 Å². The minimum atomic E-state index is -1.04. The van der Waals surface area contributed by atoms with Gasteiger partial charge in [-0.05, 0) is 281 Å². The number of carbonyl (C=O) groups excluding carboxylic acids is 7. The van der Waals surface area contributed by atoms with Crippen LogP contribution >= 0.6 is 0 Å². The van der Waals surface area contributed by atoms with Crippen LogP contribution in [0.1, 0.15) is 280 Å². The number of hydrogen-bond donors (Lipinski definition) is 15. The molecule has 24 heteroatoms. The highest BCUT2D eigenvalue weighted by molar-refractivity contribution is 5.93. The molecule has 0 aliphatic carbocycles. The third-order valence-electron chi connectivity index (χ3n) is 16.0. The first-order valence-electron chi connectivity index (χ1n) is 38.0. The minimum absolute atomic E-state index is 0.0119. The summed E-state index contributed by atoms with van der Waals surface area (Å²) in [6, 6.07) is -5.12. The SMILES string of the molecule is COCCOCCNC(=O)C(CCCCNC(=O)C(CCCCNC(=O)C(CCCCNC(C)(C)C)NC(C)(C)C)NC(=O)C(CCCCNC(C)(C)C)NC(C)(C)C)NC(=O)C(CCCCNC(=O)C(CCCCNC(C)(C)C)NC(C)(C)C)NC(=O)C(N)CCCCNC(C)(C)C. The number of ether oxygens (including phenoxy) is 2. The van der Waals surface area contributed by atoms with Gasteiger partial charge in [0.25, 0.3) is 0 Å². The Labute approximate surface area is 602 Å². The number of amides is 7. The predicted molar refractivity (Wildman–Crippen MR) is 407 cm³/mol. The summed E-state index contributed by atoms with van der Waals surface area (Å²) < 4.78 is 10.7. The average Bonchev–Trinajstić information content (AvgIpc) is 0.893. The highest BCUT2D eigenvalue weighted by atomic mass is 16.5. The summed E-state index contributed by atoms with van der Waals surface area (Å²) in [5, 5.41) is 45.7. The van der Waals surface area contributed by atoms with Crippen LogP contribution in [0.3, 0.4) is 0 Å². The molecule has 0 aromatic carbocycles. The highest BCUT2D eigenvalue weighted by Crippen LogP contribution is 2.15. The van der Waals surface area contributed by atoms with E-state index >= 15 is 0 Å². The van der Waals surface area contributed by atoms with Gasteiger partial charge in [0.15, 0.2) is 0 Å². The molecule has 7 amide bonds. The Balaban J connectivity index is 6.66. The Morgan fingerprint density at radius 1 is 0.273 bits per heavy atom. The van der Waals surface area contributed by atoms with E-state index in [1.165, 1.54) is 0 Å². The Kier molecular flexibility index (Phi) is 47.5. The summed E-state index contributed by atoms with van der Waals surface area (Å²) in [4.78, 5) is 98.5. The molecule has 0 radical (unpaired) electrons. The van der Waals surface area contributed by atoms with E-state index in [-0.39, 0.29) is 107 Å². The second-order valence-electron chi connectivity index (χ2n) is 34.6. The number of hydrogen-bond acceptors (Lipinski definition) is 17. The lowest BCUT2D eigenvalue weighted by atomic mass is 10.0. The monoisotopic (exact) mass is 1410 g/mol. The summed E-state index contributed by atoms with van der Waals surface area (Å²) in [7, 11) is 1.58. The standard InChI is InChI=1S/C75H153N15O9/c1-69(2,3)81-47-33-23-37-55(76)62(91)85-58(40-26-32-46-79-66(95)60(89-74(16,17)18)42-28-35-49-83-71(7,8)9)67(96)86-57(64(93)80-51-52-99-54-53-98-22)39-24-30-44-77-63(92)56(87-68(97)61(90-75(19,20)21)43-29-36-50-84-72(10,11)12)38-25-31-45-78-65(94)59(88-73(13,14)15)41-27-34-48-82-70(4,5)6/h55-61,81-84,88-90H,23-54,76H2,1-22H3,(H,77,92)(H,78,94)(H,79,95)(H,80,93)(H,85,91)(H,86,96)(H,87,97). The van der Waals surface area contributed by atoms with Crippen molar-refractivity contribution in [1.29, 1.82) is 0 Å². The third-order valence-corrected chi connectivity index (χ3v) is 16.0. The van der Waals surface area contributed by atoms with Crippen molar-refractivity contribution in [3.8, 4) is 0 Å². The van der Waals surface area contributed by atoms with Crippen molar-refractivity contribution in [3.63, 3.8) is 0 Å². The average molecular weight is 1410 g/mol. The largest absolute Gasteiger partial charge is 0.382 e. The maximum atomic E-state index is 14.6. The lowest BCUT2D eigenvalue weighted by Crippen LogP contribution is -2.56. The minimum Gasteiger partial charge on any atom is -0.382 e. The molecular weight excluding hydrogens is 1250 g/mol. The molecule has 0 aliphatic rings. The fourth-order valence-corrected chi connectivity index (χ4v) is 10.9. The topological polar surface area (TPSA) is 332 Å². The smallest absolute Gasteiger partial charge is 0.243 e. The second kappa shape index (κ2) is 49.5. The summed E-state index contributed by atoms with van der Waals surface area (Å²) in [5.74, 6) is -2.22. The van der Waals surface area contributed by atoms with Crippen molar-refractivity contribution in [3.05, 3.63) is 0 Å². The second-order valence-corrected chi connectivity index (χ2v) is 34.6. The Morgan fingerprint density at radius 2 is 0.515 bits per heavy atom. The van der Waals surface area contributed by atoms with Gasteiger partial charge in [0, 0.05) is 72.1 Å².